The molecule has 0 radical (unpaired) electrons. The molecule has 1 aromatic heterocycles. The minimum absolute atomic E-state index is 0.114. The summed E-state index contributed by atoms with van der Waals surface area (Å²) in [7, 11) is 5.22. The average molecular weight is 514 g/mol. The molecule has 38 heavy (non-hydrogen) atoms. The van der Waals surface area contributed by atoms with Crippen LogP contribution < -0.4 is 15.5 Å². The highest BCUT2D eigenvalue weighted by Crippen LogP contribution is 2.34. The second-order valence-electron chi connectivity index (χ2n) is 10.5. The Hall–Kier alpha value is -3.91. The predicted octanol–water partition coefficient (Wildman–Crippen LogP) is 3.96. The molecule has 3 aromatic carbocycles. The fourth-order valence-electron chi connectivity index (χ4n) is 5.74. The molecule has 5 rings (SSSR count). The summed E-state index contributed by atoms with van der Waals surface area (Å²) in [5.41, 5.74) is 5.08. The van der Waals surface area contributed by atoms with Crippen LogP contribution >= 0.6 is 0 Å². The lowest BCUT2D eigenvalue weighted by atomic mass is 9.96. The summed E-state index contributed by atoms with van der Waals surface area (Å²) < 4.78 is 3.20. The number of anilines is 2. The van der Waals surface area contributed by atoms with Crippen molar-refractivity contribution in [3.05, 3.63) is 69.6 Å². The number of fused-ring (bicyclic) bond motifs is 2. The van der Waals surface area contributed by atoms with Gasteiger partial charge in [0.15, 0.2) is 6.29 Å². The fraction of sp³-hybridized carbons (Fsp3) is 0.367. The molecule has 8 heteroatoms. The Kier molecular flexibility index (Phi) is 6.61. The van der Waals surface area contributed by atoms with E-state index in [0.717, 1.165) is 60.1 Å². The van der Waals surface area contributed by atoms with E-state index in [2.05, 4.69) is 23.6 Å². The van der Waals surface area contributed by atoms with Gasteiger partial charge in [0.2, 0.25) is 0 Å². The highest BCUT2D eigenvalue weighted by molar-refractivity contribution is 6.19. The summed E-state index contributed by atoms with van der Waals surface area (Å²) in [6.07, 6.45) is 0.830. The van der Waals surface area contributed by atoms with Gasteiger partial charge in [0, 0.05) is 86.6 Å². The molecule has 0 atom stereocenters. The molecule has 0 unspecified atom stereocenters. The third kappa shape index (κ3) is 4.09. The van der Waals surface area contributed by atoms with E-state index in [1.54, 1.807) is 41.2 Å². The second kappa shape index (κ2) is 9.76. The quantitative estimate of drug-likeness (QED) is 0.378. The normalized spacial score (nSPS) is 14.6. The van der Waals surface area contributed by atoms with Gasteiger partial charge in [0.05, 0.1) is 11.0 Å². The van der Waals surface area contributed by atoms with Crippen LogP contribution in [0.2, 0.25) is 0 Å². The van der Waals surface area contributed by atoms with Crippen LogP contribution in [0.15, 0.2) is 47.3 Å². The number of benzene rings is 3. The van der Waals surface area contributed by atoms with Crippen molar-refractivity contribution in [1.29, 1.82) is 0 Å². The van der Waals surface area contributed by atoms with E-state index < -0.39 is 0 Å². The Bertz CT molecular complexity index is 1620. The molecule has 1 aliphatic heterocycles. The molecular formula is C30H35N5O3. The standard InChI is InChI=1S/C30H35N5O3/c1-19(2)34-12-14-35(15-13-34)24-11-10-21(18-36)28-22(24)8-7-9-23(28)29(37)31(4)25-17-27-26(16-20(25)3)32(5)30(38)33(27)6/h7-11,16-19H,12-15H2,1-6H3. The maximum atomic E-state index is 14.0. The Labute approximate surface area is 222 Å². The Morgan fingerprint density at radius 3 is 2.26 bits per heavy atom. The number of hydrogen-bond donors (Lipinski definition) is 0. The smallest absolute Gasteiger partial charge is 0.328 e. The number of amides is 1. The molecule has 1 fully saturated rings. The molecule has 1 aliphatic rings. The van der Waals surface area contributed by atoms with Gasteiger partial charge in [-0.15, -0.1) is 0 Å². The van der Waals surface area contributed by atoms with Gasteiger partial charge < -0.3 is 9.80 Å². The Morgan fingerprint density at radius 2 is 1.63 bits per heavy atom. The van der Waals surface area contributed by atoms with Gasteiger partial charge in [0.25, 0.3) is 5.91 Å². The van der Waals surface area contributed by atoms with Crippen LogP contribution in [0.25, 0.3) is 21.8 Å². The lowest BCUT2D eigenvalue weighted by Gasteiger charge is -2.38. The average Bonchev–Trinajstić information content (AvgIpc) is 3.13. The van der Waals surface area contributed by atoms with Gasteiger partial charge in [-0.3, -0.25) is 23.6 Å². The summed E-state index contributed by atoms with van der Waals surface area (Å²) in [6.45, 7) is 10.1. The van der Waals surface area contributed by atoms with E-state index in [4.69, 9.17) is 0 Å². The van der Waals surface area contributed by atoms with E-state index in [9.17, 15) is 14.4 Å². The van der Waals surface area contributed by atoms with Gasteiger partial charge in [-0.2, -0.15) is 0 Å². The van der Waals surface area contributed by atoms with Crippen LogP contribution in [-0.4, -0.2) is 65.5 Å². The van der Waals surface area contributed by atoms with Crippen molar-refractivity contribution in [1.82, 2.24) is 14.0 Å². The maximum absolute atomic E-state index is 14.0. The van der Waals surface area contributed by atoms with Crippen molar-refractivity contribution in [3.63, 3.8) is 0 Å². The topological polar surface area (TPSA) is 70.8 Å². The molecular weight excluding hydrogens is 478 g/mol. The number of nitrogens with zero attached hydrogens (tertiary/aromatic N) is 5. The lowest BCUT2D eigenvalue weighted by molar-refractivity contribution is 0.0994. The highest BCUT2D eigenvalue weighted by atomic mass is 16.2. The summed E-state index contributed by atoms with van der Waals surface area (Å²) in [6, 6.07) is 13.8. The van der Waals surface area contributed by atoms with Gasteiger partial charge in [0.1, 0.15) is 0 Å². The highest BCUT2D eigenvalue weighted by Gasteiger charge is 2.25. The molecule has 0 N–H and O–H groups in total. The largest absolute Gasteiger partial charge is 0.368 e. The Morgan fingerprint density at radius 1 is 0.974 bits per heavy atom. The third-order valence-corrected chi connectivity index (χ3v) is 8.05. The van der Waals surface area contributed by atoms with Crippen LogP contribution in [-0.2, 0) is 14.1 Å². The van der Waals surface area contributed by atoms with E-state index in [1.165, 1.54) is 0 Å². The molecule has 2 heterocycles. The monoisotopic (exact) mass is 513 g/mol. The molecule has 0 aliphatic carbocycles. The lowest BCUT2D eigenvalue weighted by Crippen LogP contribution is -2.49. The van der Waals surface area contributed by atoms with E-state index in [1.807, 2.05) is 43.3 Å². The van der Waals surface area contributed by atoms with Crippen LogP contribution in [0.3, 0.4) is 0 Å². The van der Waals surface area contributed by atoms with Gasteiger partial charge >= 0.3 is 5.69 Å². The van der Waals surface area contributed by atoms with Gasteiger partial charge in [-0.1, -0.05) is 12.1 Å². The van der Waals surface area contributed by atoms with Crippen molar-refractivity contribution in [2.24, 2.45) is 14.1 Å². The maximum Gasteiger partial charge on any atom is 0.328 e. The first-order valence-electron chi connectivity index (χ1n) is 13.1. The minimum atomic E-state index is -0.205. The van der Waals surface area contributed by atoms with E-state index >= 15 is 0 Å². The summed E-state index contributed by atoms with van der Waals surface area (Å²) in [5, 5.41) is 1.58. The molecule has 4 aromatic rings. The van der Waals surface area contributed by atoms with Crippen molar-refractivity contribution in [3.8, 4) is 0 Å². The number of rotatable bonds is 5. The fourth-order valence-corrected chi connectivity index (χ4v) is 5.74. The van der Waals surface area contributed by atoms with Crippen molar-refractivity contribution in [2.45, 2.75) is 26.8 Å². The number of hydrogen-bond acceptors (Lipinski definition) is 5. The number of aryl methyl sites for hydroxylation is 3. The summed E-state index contributed by atoms with van der Waals surface area (Å²) in [4.78, 5) is 45.0. The first-order chi connectivity index (χ1) is 18.1. The number of aldehydes is 1. The van der Waals surface area contributed by atoms with Crippen LogP contribution in [0.4, 0.5) is 11.4 Å². The molecule has 0 saturated carbocycles. The van der Waals surface area contributed by atoms with Crippen LogP contribution in [0, 0.1) is 6.92 Å². The molecule has 8 nitrogen and oxygen atoms in total. The third-order valence-electron chi connectivity index (χ3n) is 8.05. The van der Waals surface area contributed by atoms with Gasteiger partial charge in [-0.05, 0) is 56.7 Å². The molecule has 0 bridgehead atoms. The SMILES string of the molecule is Cc1cc2c(cc1N(C)C(=O)c1cccc3c(N4CCN(C(C)C)CC4)ccc(C=O)c13)n(C)c(=O)n2C. The predicted molar refractivity (Wildman–Crippen MR) is 154 cm³/mol. The summed E-state index contributed by atoms with van der Waals surface area (Å²) in [5.74, 6) is -0.205. The van der Waals surface area contributed by atoms with E-state index in [-0.39, 0.29) is 11.6 Å². The van der Waals surface area contributed by atoms with Crippen molar-refractivity contribution in [2.75, 3.05) is 43.0 Å². The first kappa shape index (κ1) is 25.7. The van der Waals surface area contributed by atoms with Crippen molar-refractivity contribution >= 4 is 45.4 Å². The van der Waals surface area contributed by atoms with E-state index in [0.29, 0.717) is 28.2 Å². The zero-order chi connectivity index (χ0) is 27.3. The number of aromatic nitrogens is 2. The number of carbonyl (C=O) groups is 2. The molecule has 198 valence electrons. The zero-order valence-electron chi connectivity index (χ0n) is 23.0. The van der Waals surface area contributed by atoms with Crippen molar-refractivity contribution < 1.29 is 9.59 Å². The second-order valence-corrected chi connectivity index (χ2v) is 10.5. The first-order valence-corrected chi connectivity index (χ1v) is 13.1. The minimum Gasteiger partial charge on any atom is -0.368 e. The zero-order valence-corrected chi connectivity index (χ0v) is 23.0. The van der Waals surface area contributed by atoms with Crippen LogP contribution in [0.1, 0.15) is 40.1 Å². The number of piperazine rings is 1. The molecule has 1 amide bonds. The van der Waals surface area contributed by atoms with Gasteiger partial charge in [-0.25, -0.2) is 4.79 Å². The number of imidazole rings is 1. The molecule has 1 saturated heterocycles. The molecule has 0 spiro atoms. The number of carbonyl (C=O) groups excluding carboxylic acids is 2. The van der Waals surface area contributed by atoms with Crippen LogP contribution in [0.5, 0.6) is 0 Å². The Balaban J connectivity index is 1.58. The summed E-state index contributed by atoms with van der Waals surface area (Å²) >= 11 is 0.